The summed E-state index contributed by atoms with van der Waals surface area (Å²) in [6, 6.07) is 15.3. The molecule has 188 valence electrons. The Morgan fingerprint density at radius 2 is 1.60 bits per heavy atom. The van der Waals surface area contributed by atoms with Gasteiger partial charge in [-0.05, 0) is 54.7 Å². The summed E-state index contributed by atoms with van der Waals surface area (Å²) in [6.07, 6.45) is 2.17. The summed E-state index contributed by atoms with van der Waals surface area (Å²) in [4.78, 5) is 26.1. The second-order valence-electron chi connectivity index (χ2n) is 8.15. The Bertz CT molecular complexity index is 1140. The fourth-order valence-corrected chi connectivity index (χ4v) is 6.42. The molecule has 0 amide bonds. The van der Waals surface area contributed by atoms with Crippen LogP contribution in [0.25, 0.3) is 0 Å². The molecule has 2 aromatic carbocycles. The van der Waals surface area contributed by atoms with Gasteiger partial charge in [-0.1, -0.05) is 36.4 Å². The van der Waals surface area contributed by atoms with Crippen molar-refractivity contribution >= 4 is 21.8 Å². The van der Waals surface area contributed by atoms with Crippen LogP contribution in [0.3, 0.4) is 0 Å². The Labute approximate surface area is 205 Å². The van der Waals surface area contributed by atoms with Gasteiger partial charge in [0.05, 0.1) is 44.7 Å². The molecule has 0 bridgehead atoms. The van der Waals surface area contributed by atoms with Crippen LogP contribution in [0.15, 0.2) is 71.1 Å². The van der Waals surface area contributed by atoms with Crippen molar-refractivity contribution in [3.05, 3.63) is 71.8 Å². The van der Waals surface area contributed by atoms with E-state index in [1.165, 1.54) is 32.4 Å². The minimum atomic E-state index is -3.92. The topological polar surface area (TPSA) is 105 Å². The highest BCUT2D eigenvalue weighted by molar-refractivity contribution is 7.92. The predicted molar refractivity (Wildman–Crippen MR) is 128 cm³/mol. The lowest BCUT2D eigenvalue weighted by Crippen LogP contribution is -2.50. The van der Waals surface area contributed by atoms with Gasteiger partial charge in [-0.15, -0.1) is 0 Å². The Hall–Kier alpha value is -3.17. The zero-order valence-corrected chi connectivity index (χ0v) is 20.9. The Morgan fingerprint density at radius 1 is 0.971 bits per heavy atom. The quantitative estimate of drug-likeness (QED) is 0.222. The number of methoxy groups -OCH3 is 3. The van der Waals surface area contributed by atoms with E-state index in [0.29, 0.717) is 12.2 Å². The molecule has 9 heteroatoms. The second-order valence-corrected chi connectivity index (χ2v) is 10.3. The third-order valence-electron chi connectivity index (χ3n) is 6.22. The number of carbonyl (C=O) groups is 2. The first-order valence-corrected chi connectivity index (χ1v) is 12.7. The summed E-state index contributed by atoms with van der Waals surface area (Å²) in [7, 11) is -0.00242. The molecular formula is C26H30O8S. The van der Waals surface area contributed by atoms with Crippen molar-refractivity contribution in [3.63, 3.8) is 0 Å². The van der Waals surface area contributed by atoms with Crippen LogP contribution in [0.5, 0.6) is 5.75 Å². The van der Waals surface area contributed by atoms with Gasteiger partial charge in [-0.25, -0.2) is 8.42 Å². The molecule has 1 fully saturated rings. The average Bonchev–Trinajstić information content (AvgIpc) is 2.90. The Morgan fingerprint density at radius 3 is 2.17 bits per heavy atom. The van der Waals surface area contributed by atoms with Gasteiger partial charge in [0.15, 0.2) is 15.3 Å². The maximum Gasteiger partial charge on any atom is 0.327 e. The lowest BCUT2D eigenvalue weighted by atomic mass is 9.69. The van der Waals surface area contributed by atoms with E-state index < -0.39 is 32.4 Å². The Kier molecular flexibility index (Phi) is 8.69. The maximum absolute atomic E-state index is 13.6. The van der Waals surface area contributed by atoms with E-state index in [1.807, 2.05) is 12.1 Å². The SMILES string of the molecule is COC(=O)C1(C(=O)OC)CCCC(S(=O)(=O)c2ccccc2)/C1=C\COCc1ccc(OC)cc1. The number of benzene rings is 2. The molecule has 3 rings (SSSR count). The fraction of sp³-hybridized carbons (Fsp3) is 0.385. The third kappa shape index (κ3) is 5.41. The molecular weight excluding hydrogens is 472 g/mol. The van der Waals surface area contributed by atoms with Crippen molar-refractivity contribution in [1.29, 1.82) is 0 Å². The zero-order chi connectivity index (χ0) is 25.5. The van der Waals surface area contributed by atoms with Crippen molar-refractivity contribution in [3.8, 4) is 5.75 Å². The summed E-state index contributed by atoms with van der Waals surface area (Å²) in [5.74, 6) is -0.981. The molecule has 0 aliphatic heterocycles. The number of hydrogen-bond donors (Lipinski definition) is 0. The number of carbonyl (C=O) groups excluding carboxylic acids is 2. The van der Waals surface area contributed by atoms with Crippen LogP contribution in [-0.4, -0.2) is 53.5 Å². The monoisotopic (exact) mass is 502 g/mol. The minimum absolute atomic E-state index is 0.0160. The first-order valence-electron chi connectivity index (χ1n) is 11.2. The molecule has 1 saturated carbocycles. The van der Waals surface area contributed by atoms with Crippen molar-refractivity contribution in [2.24, 2.45) is 5.41 Å². The largest absolute Gasteiger partial charge is 0.497 e. The first kappa shape index (κ1) is 26.4. The van der Waals surface area contributed by atoms with E-state index in [-0.39, 0.29) is 36.5 Å². The van der Waals surface area contributed by atoms with Crippen LogP contribution < -0.4 is 4.74 Å². The Balaban J connectivity index is 1.99. The number of ether oxygens (including phenoxy) is 4. The van der Waals surface area contributed by atoms with E-state index in [1.54, 1.807) is 37.4 Å². The molecule has 0 saturated heterocycles. The van der Waals surface area contributed by atoms with Gasteiger partial charge in [0, 0.05) is 0 Å². The number of hydrogen-bond acceptors (Lipinski definition) is 8. The van der Waals surface area contributed by atoms with Gasteiger partial charge < -0.3 is 18.9 Å². The van der Waals surface area contributed by atoms with E-state index in [4.69, 9.17) is 18.9 Å². The number of esters is 2. The van der Waals surface area contributed by atoms with Crippen molar-refractivity contribution in [1.82, 2.24) is 0 Å². The smallest absolute Gasteiger partial charge is 0.327 e. The van der Waals surface area contributed by atoms with Crippen LogP contribution in [-0.2, 0) is 40.2 Å². The molecule has 1 aliphatic carbocycles. The lowest BCUT2D eigenvalue weighted by molar-refractivity contribution is -0.167. The minimum Gasteiger partial charge on any atom is -0.497 e. The molecule has 1 unspecified atom stereocenters. The maximum atomic E-state index is 13.6. The van der Waals surface area contributed by atoms with Crippen LogP contribution >= 0.6 is 0 Å². The van der Waals surface area contributed by atoms with E-state index >= 15 is 0 Å². The van der Waals surface area contributed by atoms with Gasteiger partial charge in [0.25, 0.3) is 0 Å². The van der Waals surface area contributed by atoms with E-state index in [9.17, 15) is 18.0 Å². The first-order chi connectivity index (χ1) is 16.8. The van der Waals surface area contributed by atoms with E-state index in [2.05, 4.69) is 0 Å². The summed E-state index contributed by atoms with van der Waals surface area (Å²) in [6.45, 7) is 0.227. The highest BCUT2D eigenvalue weighted by atomic mass is 32.2. The second kappa shape index (κ2) is 11.5. The molecule has 0 radical (unpaired) electrons. The van der Waals surface area contributed by atoms with Gasteiger partial charge in [0.2, 0.25) is 0 Å². The summed E-state index contributed by atoms with van der Waals surface area (Å²) in [5.41, 5.74) is -0.855. The molecule has 1 aliphatic rings. The fourth-order valence-electron chi connectivity index (χ4n) is 4.45. The standard InChI is InChI=1S/C26H30O8S/c1-31-20-13-11-19(12-14-20)18-34-17-15-22-23(35(29,30)21-8-5-4-6-9-21)10-7-16-26(22,24(27)32-2)25(28)33-3/h4-6,8-9,11-15,23H,7,10,16-18H2,1-3H3/b22-15+. The van der Waals surface area contributed by atoms with Crippen LogP contribution in [0.1, 0.15) is 24.8 Å². The van der Waals surface area contributed by atoms with Gasteiger partial charge in [-0.3, -0.25) is 9.59 Å². The third-order valence-corrected chi connectivity index (χ3v) is 8.39. The summed E-state index contributed by atoms with van der Waals surface area (Å²) >= 11 is 0. The molecule has 2 aromatic rings. The summed E-state index contributed by atoms with van der Waals surface area (Å²) < 4.78 is 48.1. The van der Waals surface area contributed by atoms with Crippen molar-refractivity contribution in [2.45, 2.75) is 36.0 Å². The average molecular weight is 503 g/mol. The molecule has 8 nitrogen and oxygen atoms in total. The van der Waals surface area contributed by atoms with Crippen molar-refractivity contribution < 1.29 is 37.0 Å². The van der Waals surface area contributed by atoms with Crippen LogP contribution in [0, 0.1) is 5.41 Å². The molecule has 35 heavy (non-hydrogen) atoms. The van der Waals surface area contributed by atoms with Gasteiger partial charge in [0.1, 0.15) is 5.75 Å². The van der Waals surface area contributed by atoms with Gasteiger partial charge >= 0.3 is 11.9 Å². The molecule has 0 aromatic heterocycles. The molecule has 1 atom stereocenters. The predicted octanol–water partition coefficient (Wildman–Crippen LogP) is 3.50. The zero-order valence-electron chi connectivity index (χ0n) is 20.1. The van der Waals surface area contributed by atoms with Crippen LogP contribution in [0.2, 0.25) is 0 Å². The highest BCUT2D eigenvalue weighted by Crippen LogP contribution is 2.46. The highest BCUT2D eigenvalue weighted by Gasteiger charge is 2.57. The van der Waals surface area contributed by atoms with E-state index in [0.717, 1.165) is 5.56 Å². The van der Waals surface area contributed by atoms with Crippen molar-refractivity contribution in [2.75, 3.05) is 27.9 Å². The van der Waals surface area contributed by atoms with Crippen LogP contribution in [0.4, 0.5) is 0 Å². The number of rotatable bonds is 9. The number of sulfone groups is 1. The normalized spacial score (nSPS) is 18.6. The molecule has 0 heterocycles. The van der Waals surface area contributed by atoms with Gasteiger partial charge in [-0.2, -0.15) is 0 Å². The molecule has 0 spiro atoms. The summed E-state index contributed by atoms with van der Waals surface area (Å²) in [5, 5.41) is -1.11. The lowest BCUT2D eigenvalue weighted by Gasteiger charge is -2.39. The molecule has 0 N–H and O–H groups in total.